The Morgan fingerprint density at radius 1 is 1.30 bits per heavy atom. The zero-order chi connectivity index (χ0) is 14.7. The normalized spacial score (nSPS) is 12.1. The summed E-state index contributed by atoms with van der Waals surface area (Å²) in [6.45, 7) is 2.20. The van der Waals surface area contributed by atoms with Gasteiger partial charge in [-0.1, -0.05) is 43.4 Å². The molecule has 0 radical (unpaired) electrons. The molecule has 5 heteroatoms. The van der Waals surface area contributed by atoms with Crippen molar-refractivity contribution in [2.45, 2.75) is 6.92 Å². The van der Waals surface area contributed by atoms with Gasteiger partial charge in [-0.2, -0.15) is 0 Å². The first-order valence-electron chi connectivity index (χ1n) is 6.25. The van der Waals surface area contributed by atoms with E-state index in [1.165, 1.54) is 12.1 Å². The van der Waals surface area contributed by atoms with Crippen molar-refractivity contribution in [1.82, 2.24) is 5.32 Å². The summed E-state index contributed by atoms with van der Waals surface area (Å²) < 4.78 is 13.7. The number of amides is 1. The second-order valence-electron chi connectivity index (χ2n) is 4.65. The number of hydrogen-bond donors (Lipinski definition) is 2. The second kappa shape index (κ2) is 5.96. The number of halogens is 1. The van der Waals surface area contributed by atoms with Crippen molar-refractivity contribution in [3.05, 3.63) is 47.8 Å². The lowest BCUT2D eigenvalue weighted by molar-refractivity contribution is 0.0953. The number of nitrogens with two attached hydrogens (primary N) is 1. The number of nitrogens with one attached hydrogen (secondary N) is 1. The Morgan fingerprint density at radius 3 is 2.60 bits per heavy atom. The zero-order valence-electron chi connectivity index (χ0n) is 11.0. The molecule has 3 N–H and O–H groups in total. The van der Waals surface area contributed by atoms with Crippen LogP contribution in [0.5, 0.6) is 0 Å². The summed E-state index contributed by atoms with van der Waals surface area (Å²) in [5.41, 5.74) is 5.94. The van der Waals surface area contributed by atoms with E-state index < -0.39 is 0 Å². The fourth-order valence-corrected chi connectivity index (χ4v) is 1.99. The van der Waals surface area contributed by atoms with E-state index in [9.17, 15) is 9.18 Å². The van der Waals surface area contributed by atoms with Crippen molar-refractivity contribution in [3.63, 3.8) is 0 Å². The van der Waals surface area contributed by atoms with Gasteiger partial charge in [-0.15, -0.1) is 0 Å². The van der Waals surface area contributed by atoms with Crippen LogP contribution in [0, 0.1) is 11.7 Å². The molecule has 2 aromatic carbocycles. The van der Waals surface area contributed by atoms with Crippen LogP contribution in [0.2, 0.25) is 0 Å². The minimum absolute atomic E-state index is 0.0827. The Hall–Kier alpha value is -2.01. The quantitative estimate of drug-likeness (QED) is 0.851. The maximum absolute atomic E-state index is 13.7. The standard InChI is InChI=1S/C15H15FN2OS/c1-9(14(17)20)8-18-15(19)12-6-7-13(16)11-5-3-2-4-10(11)12/h2-7,9H,8H2,1H3,(H2,17,20)(H,18,19). The summed E-state index contributed by atoms with van der Waals surface area (Å²) in [4.78, 5) is 12.5. The molecule has 0 heterocycles. The summed E-state index contributed by atoms with van der Waals surface area (Å²) >= 11 is 4.86. The van der Waals surface area contributed by atoms with Crippen LogP contribution in [-0.4, -0.2) is 17.4 Å². The minimum Gasteiger partial charge on any atom is -0.393 e. The van der Waals surface area contributed by atoms with Gasteiger partial charge in [0.2, 0.25) is 0 Å². The molecule has 0 saturated heterocycles. The fraction of sp³-hybridized carbons (Fsp3) is 0.200. The van der Waals surface area contributed by atoms with Gasteiger partial charge in [-0.05, 0) is 17.5 Å². The molecule has 0 aliphatic rings. The van der Waals surface area contributed by atoms with Crippen LogP contribution in [-0.2, 0) is 0 Å². The topological polar surface area (TPSA) is 55.1 Å². The molecule has 2 rings (SSSR count). The molecule has 0 aliphatic heterocycles. The smallest absolute Gasteiger partial charge is 0.251 e. The number of thiocarbonyl (C=S) groups is 1. The molecule has 1 amide bonds. The van der Waals surface area contributed by atoms with E-state index in [-0.39, 0.29) is 17.6 Å². The third-order valence-corrected chi connectivity index (χ3v) is 3.57. The Labute approximate surface area is 122 Å². The summed E-state index contributed by atoms with van der Waals surface area (Å²) in [5.74, 6) is -0.682. The van der Waals surface area contributed by atoms with Gasteiger partial charge in [0.15, 0.2) is 0 Å². The molecule has 2 aromatic rings. The predicted molar refractivity (Wildman–Crippen MR) is 82.2 cm³/mol. The Balaban J connectivity index is 2.27. The Bertz CT molecular complexity index is 672. The molecule has 0 spiro atoms. The summed E-state index contributed by atoms with van der Waals surface area (Å²) in [6, 6.07) is 9.67. The maximum Gasteiger partial charge on any atom is 0.251 e. The van der Waals surface area contributed by atoms with Gasteiger partial charge in [0, 0.05) is 23.4 Å². The molecular weight excluding hydrogens is 275 g/mol. The lowest BCUT2D eigenvalue weighted by Gasteiger charge is -2.12. The molecule has 1 atom stereocenters. The lowest BCUT2D eigenvalue weighted by Crippen LogP contribution is -2.33. The van der Waals surface area contributed by atoms with Gasteiger partial charge < -0.3 is 11.1 Å². The van der Waals surface area contributed by atoms with Crippen molar-refractivity contribution in [2.75, 3.05) is 6.54 Å². The maximum atomic E-state index is 13.7. The Morgan fingerprint density at radius 2 is 1.95 bits per heavy atom. The average molecular weight is 290 g/mol. The SMILES string of the molecule is CC(CNC(=O)c1ccc(F)c2ccccc12)C(N)=S. The fourth-order valence-electron chi connectivity index (χ4n) is 1.90. The number of benzene rings is 2. The number of fused-ring (bicyclic) bond motifs is 1. The molecule has 1 unspecified atom stereocenters. The van der Waals surface area contributed by atoms with Gasteiger partial charge in [0.1, 0.15) is 5.82 Å². The molecule has 0 aliphatic carbocycles. The highest BCUT2D eigenvalue weighted by molar-refractivity contribution is 7.80. The van der Waals surface area contributed by atoms with Crippen LogP contribution in [0.3, 0.4) is 0 Å². The van der Waals surface area contributed by atoms with Crippen LogP contribution in [0.4, 0.5) is 4.39 Å². The van der Waals surface area contributed by atoms with Crippen molar-refractivity contribution < 1.29 is 9.18 Å². The molecular formula is C15H15FN2OS. The third-order valence-electron chi connectivity index (χ3n) is 3.17. The Kier molecular flexibility index (Phi) is 4.29. The van der Waals surface area contributed by atoms with Crippen LogP contribution >= 0.6 is 12.2 Å². The van der Waals surface area contributed by atoms with Gasteiger partial charge in [-0.25, -0.2) is 4.39 Å². The predicted octanol–water partition coefficient (Wildman–Crippen LogP) is 2.63. The van der Waals surface area contributed by atoms with E-state index in [4.69, 9.17) is 18.0 Å². The summed E-state index contributed by atoms with van der Waals surface area (Å²) in [6.07, 6.45) is 0. The van der Waals surface area contributed by atoms with E-state index in [1.54, 1.807) is 24.3 Å². The van der Waals surface area contributed by atoms with E-state index in [1.807, 2.05) is 6.92 Å². The monoisotopic (exact) mass is 290 g/mol. The van der Waals surface area contributed by atoms with Crippen LogP contribution in [0.1, 0.15) is 17.3 Å². The molecule has 104 valence electrons. The van der Waals surface area contributed by atoms with Gasteiger partial charge in [0.05, 0.1) is 4.99 Å². The average Bonchev–Trinajstić information content (AvgIpc) is 2.45. The summed E-state index contributed by atoms with van der Waals surface area (Å²) in [7, 11) is 0. The molecule has 3 nitrogen and oxygen atoms in total. The van der Waals surface area contributed by atoms with Crippen molar-refractivity contribution >= 4 is 33.9 Å². The highest BCUT2D eigenvalue weighted by atomic mass is 32.1. The second-order valence-corrected chi connectivity index (χ2v) is 5.13. The van der Waals surface area contributed by atoms with E-state index >= 15 is 0 Å². The van der Waals surface area contributed by atoms with Crippen LogP contribution in [0.15, 0.2) is 36.4 Å². The first kappa shape index (κ1) is 14.4. The number of carbonyl (C=O) groups excluding carboxylic acids is 1. The van der Waals surface area contributed by atoms with Crippen LogP contribution < -0.4 is 11.1 Å². The minimum atomic E-state index is -0.339. The first-order valence-corrected chi connectivity index (χ1v) is 6.66. The van der Waals surface area contributed by atoms with Crippen LogP contribution in [0.25, 0.3) is 10.8 Å². The molecule has 20 heavy (non-hydrogen) atoms. The number of carbonyl (C=O) groups is 1. The van der Waals surface area contributed by atoms with E-state index in [0.717, 1.165) is 0 Å². The van der Waals surface area contributed by atoms with Gasteiger partial charge in [0.25, 0.3) is 5.91 Å². The van der Waals surface area contributed by atoms with Crippen molar-refractivity contribution in [2.24, 2.45) is 11.7 Å². The van der Waals surface area contributed by atoms with Crippen molar-refractivity contribution in [1.29, 1.82) is 0 Å². The number of hydrogen-bond acceptors (Lipinski definition) is 2. The van der Waals surface area contributed by atoms with E-state index in [2.05, 4.69) is 5.32 Å². The molecule has 0 bridgehead atoms. The highest BCUT2D eigenvalue weighted by Gasteiger charge is 2.13. The lowest BCUT2D eigenvalue weighted by atomic mass is 10.0. The summed E-state index contributed by atoms with van der Waals surface area (Å²) in [5, 5.41) is 3.79. The third kappa shape index (κ3) is 2.93. The van der Waals surface area contributed by atoms with Gasteiger partial charge in [-0.3, -0.25) is 4.79 Å². The molecule has 0 fully saturated rings. The molecule has 0 aromatic heterocycles. The first-order chi connectivity index (χ1) is 9.50. The van der Waals surface area contributed by atoms with Gasteiger partial charge >= 0.3 is 0 Å². The molecule has 0 saturated carbocycles. The highest BCUT2D eigenvalue weighted by Crippen LogP contribution is 2.21. The number of rotatable bonds is 4. The zero-order valence-corrected chi connectivity index (χ0v) is 11.8. The largest absolute Gasteiger partial charge is 0.393 e. The van der Waals surface area contributed by atoms with E-state index in [0.29, 0.717) is 27.9 Å². The van der Waals surface area contributed by atoms with Crippen molar-refractivity contribution in [3.8, 4) is 0 Å².